The van der Waals surface area contributed by atoms with E-state index in [-0.39, 0.29) is 24.6 Å². The number of aliphatic hydroxyl groups is 1. The van der Waals surface area contributed by atoms with Gasteiger partial charge in [-0.3, -0.25) is 14.2 Å². The zero-order valence-corrected chi connectivity index (χ0v) is 22.1. The van der Waals surface area contributed by atoms with Gasteiger partial charge in [0.05, 0.1) is 18.1 Å². The highest BCUT2D eigenvalue weighted by atomic mass is 16.5. The zero-order valence-electron chi connectivity index (χ0n) is 22.1. The molecular weight excluding hydrogens is 430 g/mol. The molecule has 7 heteroatoms. The van der Waals surface area contributed by atoms with Crippen LogP contribution >= 0.6 is 0 Å². The molecule has 0 fully saturated rings. The number of nitrogens with zero attached hydrogens (tertiary/aromatic N) is 3. The lowest BCUT2D eigenvalue weighted by atomic mass is 9.84. The van der Waals surface area contributed by atoms with Crippen LogP contribution in [-0.4, -0.2) is 52.3 Å². The topological polar surface area (TPSA) is 84.7 Å². The van der Waals surface area contributed by atoms with Crippen LogP contribution in [0.4, 0.5) is 0 Å². The van der Waals surface area contributed by atoms with Crippen LogP contribution in [0.5, 0.6) is 5.75 Å². The number of carbonyl (C=O) groups is 1. The zero-order chi connectivity index (χ0) is 25.5. The average molecular weight is 474 g/mol. The Morgan fingerprint density at radius 3 is 2.29 bits per heavy atom. The van der Waals surface area contributed by atoms with Crippen LogP contribution in [0.15, 0.2) is 23.0 Å². The third-order valence-corrected chi connectivity index (χ3v) is 6.35. The molecule has 1 amide bonds. The summed E-state index contributed by atoms with van der Waals surface area (Å²) in [6.45, 7) is 13.9. The fourth-order valence-electron chi connectivity index (χ4n) is 4.01. The molecule has 1 N–H and O–H groups in total. The summed E-state index contributed by atoms with van der Waals surface area (Å²) in [4.78, 5) is 33.8. The third-order valence-electron chi connectivity index (χ3n) is 6.35. The van der Waals surface area contributed by atoms with E-state index in [1.165, 1.54) is 0 Å². The van der Waals surface area contributed by atoms with Crippen molar-refractivity contribution in [2.24, 2.45) is 11.8 Å². The van der Waals surface area contributed by atoms with Crippen LogP contribution in [0, 0.1) is 11.8 Å². The molecule has 1 aromatic carbocycles. The third kappa shape index (κ3) is 7.29. The van der Waals surface area contributed by atoms with E-state index >= 15 is 0 Å². The molecule has 1 aromatic heterocycles. The minimum absolute atomic E-state index is 0.0374. The molecule has 0 radical (unpaired) electrons. The van der Waals surface area contributed by atoms with Gasteiger partial charge < -0.3 is 14.7 Å². The van der Waals surface area contributed by atoms with E-state index in [0.717, 1.165) is 12.8 Å². The van der Waals surface area contributed by atoms with Crippen LogP contribution in [0.2, 0.25) is 0 Å². The van der Waals surface area contributed by atoms with Gasteiger partial charge in [0.2, 0.25) is 5.91 Å². The van der Waals surface area contributed by atoms with Gasteiger partial charge in [-0.2, -0.15) is 0 Å². The summed E-state index contributed by atoms with van der Waals surface area (Å²) >= 11 is 0. The van der Waals surface area contributed by atoms with Crippen LogP contribution in [0.25, 0.3) is 11.0 Å². The lowest BCUT2D eigenvalue weighted by Gasteiger charge is -2.27. The van der Waals surface area contributed by atoms with E-state index in [1.54, 1.807) is 17.7 Å². The molecule has 7 nitrogen and oxygen atoms in total. The number of amides is 1. The highest BCUT2D eigenvalue weighted by Crippen LogP contribution is 2.27. The maximum atomic E-state index is 13.7. The predicted octanol–water partition coefficient (Wildman–Crippen LogP) is 4.38. The molecule has 0 aliphatic carbocycles. The smallest absolute Gasteiger partial charge is 0.273 e. The summed E-state index contributed by atoms with van der Waals surface area (Å²) in [6.07, 6.45) is 3.04. The first-order valence-corrected chi connectivity index (χ1v) is 12.5. The number of fused-ring (bicyclic) bond motifs is 1. The maximum Gasteiger partial charge on any atom is 0.273 e. The first-order valence-electron chi connectivity index (χ1n) is 12.5. The highest BCUT2D eigenvalue weighted by molar-refractivity contribution is 5.81. The van der Waals surface area contributed by atoms with E-state index in [2.05, 4.69) is 27.7 Å². The van der Waals surface area contributed by atoms with Crippen molar-refractivity contribution in [2.45, 2.75) is 79.2 Å². The number of rotatable bonds is 13. The van der Waals surface area contributed by atoms with Crippen molar-refractivity contribution in [1.82, 2.24) is 14.5 Å². The molecule has 1 heterocycles. The molecule has 0 aliphatic rings. The predicted molar refractivity (Wildman–Crippen MR) is 137 cm³/mol. The van der Waals surface area contributed by atoms with Gasteiger partial charge in [-0.25, -0.2) is 4.98 Å². The van der Waals surface area contributed by atoms with Crippen molar-refractivity contribution in [3.63, 3.8) is 0 Å². The van der Waals surface area contributed by atoms with Gasteiger partial charge >= 0.3 is 0 Å². The summed E-state index contributed by atoms with van der Waals surface area (Å²) < 4.78 is 6.94. The number of aliphatic hydroxyl groups excluding tert-OH is 1. The number of hydrogen-bond acceptors (Lipinski definition) is 5. The maximum absolute atomic E-state index is 13.7. The van der Waals surface area contributed by atoms with E-state index < -0.39 is 5.41 Å². The Morgan fingerprint density at radius 2 is 1.76 bits per heavy atom. The Kier molecular flexibility index (Phi) is 10.1. The second-order valence-corrected chi connectivity index (χ2v) is 10.7. The number of carbonyl (C=O) groups excluding carboxylic acids is 1. The van der Waals surface area contributed by atoms with Gasteiger partial charge in [-0.1, -0.05) is 41.5 Å². The van der Waals surface area contributed by atoms with Crippen molar-refractivity contribution in [3.05, 3.63) is 34.2 Å². The first kappa shape index (κ1) is 27.8. The Balaban J connectivity index is 2.55. The van der Waals surface area contributed by atoms with Crippen LogP contribution in [0.3, 0.4) is 0 Å². The lowest BCUT2D eigenvalue weighted by Crippen LogP contribution is -2.41. The Morgan fingerprint density at radius 1 is 1.15 bits per heavy atom. The molecular formula is C27H43N3O4. The normalized spacial score (nSPS) is 12.1. The van der Waals surface area contributed by atoms with Crippen LogP contribution in [-0.2, 0) is 16.8 Å². The van der Waals surface area contributed by atoms with E-state index in [9.17, 15) is 14.7 Å². The van der Waals surface area contributed by atoms with Crippen molar-refractivity contribution in [3.8, 4) is 5.75 Å². The van der Waals surface area contributed by atoms with Gasteiger partial charge in [0, 0.05) is 31.2 Å². The molecule has 190 valence electrons. The van der Waals surface area contributed by atoms with Crippen molar-refractivity contribution in [1.29, 1.82) is 0 Å². The van der Waals surface area contributed by atoms with Gasteiger partial charge in [-0.05, 0) is 49.7 Å². The second-order valence-electron chi connectivity index (χ2n) is 10.7. The van der Waals surface area contributed by atoms with E-state index in [4.69, 9.17) is 9.72 Å². The van der Waals surface area contributed by atoms with Crippen molar-refractivity contribution >= 4 is 16.9 Å². The summed E-state index contributed by atoms with van der Waals surface area (Å²) in [7, 11) is 1.58. The molecule has 0 saturated carbocycles. The summed E-state index contributed by atoms with van der Waals surface area (Å²) in [5, 5.41) is 9.32. The van der Waals surface area contributed by atoms with E-state index in [0.29, 0.717) is 60.2 Å². The van der Waals surface area contributed by atoms with Gasteiger partial charge in [0.15, 0.2) is 0 Å². The Bertz CT molecular complexity index is 999. The molecule has 0 saturated heterocycles. The average Bonchev–Trinajstić information content (AvgIpc) is 2.78. The minimum Gasteiger partial charge on any atom is -0.497 e. The highest BCUT2D eigenvalue weighted by Gasteiger charge is 2.28. The van der Waals surface area contributed by atoms with Gasteiger partial charge in [0.1, 0.15) is 18.0 Å². The SMILES string of the molecule is COc1ccc2nc(C(C)(C)CCCO)c(=O)n(CC(=O)N(CCC(C)C)CCC(C)C)c2c1. The molecule has 0 bridgehead atoms. The molecule has 2 aromatic rings. The largest absolute Gasteiger partial charge is 0.497 e. The summed E-state index contributed by atoms with van der Waals surface area (Å²) in [6, 6.07) is 5.41. The first-order chi connectivity index (χ1) is 16.0. The number of ether oxygens (including phenoxy) is 1. The van der Waals surface area contributed by atoms with Crippen LogP contribution < -0.4 is 10.3 Å². The number of methoxy groups -OCH3 is 1. The van der Waals surface area contributed by atoms with Gasteiger partial charge in [0.25, 0.3) is 5.56 Å². The number of benzene rings is 1. The lowest BCUT2D eigenvalue weighted by molar-refractivity contribution is -0.132. The molecule has 0 aliphatic heterocycles. The molecule has 0 spiro atoms. The molecule has 2 rings (SSSR count). The monoisotopic (exact) mass is 473 g/mol. The molecule has 34 heavy (non-hydrogen) atoms. The molecule has 0 unspecified atom stereocenters. The quantitative estimate of drug-likeness (QED) is 0.467. The van der Waals surface area contributed by atoms with E-state index in [1.807, 2.05) is 30.9 Å². The van der Waals surface area contributed by atoms with Gasteiger partial charge in [-0.15, -0.1) is 0 Å². The number of aromatic nitrogens is 2. The fraction of sp³-hybridized carbons (Fsp3) is 0.667. The fourth-order valence-corrected chi connectivity index (χ4v) is 4.01. The Labute approximate surface area is 204 Å². The standard InChI is InChI=1S/C27H43N3O4/c1-19(2)11-14-29(15-12-20(3)4)24(32)18-30-23-17-21(34-7)9-10-22(23)28-25(26(30)33)27(5,6)13-8-16-31/h9-10,17,19-20,31H,8,11-16,18H2,1-7H3. The Hall–Kier alpha value is -2.41. The van der Waals surface area contributed by atoms with Crippen molar-refractivity contribution < 1.29 is 14.6 Å². The summed E-state index contributed by atoms with van der Waals surface area (Å²) in [5.74, 6) is 1.53. The second kappa shape index (κ2) is 12.3. The molecule has 0 atom stereocenters. The number of hydrogen-bond donors (Lipinski definition) is 1. The minimum atomic E-state index is -0.534. The van der Waals surface area contributed by atoms with Crippen molar-refractivity contribution in [2.75, 3.05) is 26.8 Å². The van der Waals surface area contributed by atoms with Crippen LogP contribution in [0.1, 0.15) is 72.9 Å². The summed E-state index contributed by atoms with van der Waals surface area (Å²) in [5.41, 5.74) is 0.864.